The van der Waals surface area contributed by atoms with E-state index < -0.39 is 5.60 Å². The molecule has 2 rings (SSSR count). The van der Waals surface area contributed by atoms with E-state index in [4.69, 9.17) is 9.47 Å². The second-order valence-electron chi connectivity index (χ2n) is 6.37. The van der Waals surface area contributed by atoms with Crippen molar-refractivity contribution in [2.24, 2.45) is 0 Å². The van der Waals surface area contributed by atoms with Crippen LogP contribution in [-0.2, 0) is 9.47 Å². The third-order valence-corrected chi connectivity index (χ3v) is 3.48. The van der Waals surface area contributed by atoms with Crippen LogP contribution in [0.5, 0.6) is 0 Å². The molecule has 0 N–H and O–H groups in total. The van der Waals surface area contributed by atoms with Crippen molar-refractivity contribution in [1.29, 1.82) is 0 Å². The summed E-state index contributed by atoms with van der Waals surface area (Å²) in [5.74, 6) is 0. The first-order chi connectivity index (χ1) is 8.30. The lowest BCUT2D eigenvalue weighted by molar-refractivity contribution is -0.0482. The van der Waals surface area contributed by atoms with Crippen molar-refractivity contribution in [2.45, 2.75) is 51.2 Å². The van der Waals surface area contributed by atoms with Crippen LogP contribution in [0.2, 0.25) is 0 Å². The first-order valence-electron chi connectivity index (χ1n) is 6.58. The number of rotatable bonds is 0. The smallest absolute Gasteiger partial charge is 0.410 e. The average Bonchev–Trinajstić information content (AvgIpc) is 2.58. The summed E-state index contributed by atoms with van der Waals surface area (Å²) >= 11 is 0. The minimum atomic E-state index is -0.426. The molecule has 0 atom stereocenters. The van der Waals surface area contributed by atoms with Crippen LogP contribution >= 0.6 is 0 Å². The van der Waals surface area contributed by atoms with Crippen molar-refractivity contribution in [1.82, 2.24) is 4.90 Å². The van der Waals surface area contributed by atoms with Gasteiger partial charge in [0.25, 0.3) is 0 Å². The van der Waals surface area contributed by atoms with Crippen LogP contribution < -0.4 is 0 Å². The zero-order valence-electron chi connectivity index (χ0n) is 11.6. The third kappa shape index (κ3) is 3.05. The maximum atomic E-state index is 11.9. The summed E-state index contributed by atoms with van der Waals surface area (Å²) < 4.78 is 11.2. The molecule has 0 aromatic carbocycles. The van der Waals surface area contributed by atoms with E-state index in [0.29, 0.717) is 19.7 Å². The Morgan fingerprint density at radius 1 is 1.39 bits per heavy atom. The highest BCUT2D eigenvalue weighted by atomic mass is 16.6. The fraction of sp³-hybridized carbons (Fsp3) is 0.786. The Labute approximate surface area is 109 Å². The number of carbonyl (C=O) groups is 1. The highest BCUT2D eigenvalue weighted by Crippen LogP contribution is 2.37. The van der Waals surface area contributed by atoms with Crippen LogP contribution in [0.25, 0.3) is 0 Å². The highest BCUT2D eigenvalue weighted by molar-refractivity contribution is 5.68. The second-order valence-corrected chi connectivity index (χ2v) is 6.37. The molecule has 4 nitrogen and oxygen atoms in total. The Hall–Kier alpha value is -1.03. The lowest BCUT2D eigenvalue weighted by Gasteiger charge is -2.38. The molecule has 2 aliphatic rings. The van der Waals surface area contributed by atoms with Gasteiger partial charge in [-0.05, 0) is 45.6 Å². The van der Waals surface area contributed by atoms with E-state index >= 15 is 0 Å². The van der Waals surface area contributed by atoms with Gasteiger partial charge in [0, 0.05) is 13.1 Å². The molecule has 4 heteroatoms. The highest BCUT2D eigenvalue weighted by Gasteiger charge is 2.41. The van der Waals surface area contributed by atoms with Crippen LogP contribution in [0.3, 0.4) is 0 Å². The Balaban J connectivity index is 1.87. The number of hydrogen-bond acceptors (Lipinski definition) is 3. The van der Waals surface area contributed by atoms with Crippen molar-refractivity contribution in [3.05, 3.63) is 12.2 Å². The van der Waals surface area contributed by atoms with Crippen molar-refractivity contribution in [2.75, 3.05) is 19.7 Å². The van der Waals surface area contributed by atoms with E-state index in [1.54, 1.807) is 4.90 Å². The molecule has 0 bridgehead atoms. The largest absolute Gasteiger partial charge is 0.444 e. The van der Waals surface area contributed by atoms with Crippen LogP contribution in [0.15, 0.2) is 12.2 Å². The summed E-state index contributed by atoms with van der Waals surface area (Å²) in [6.07, 6.45) is 2.49. The first-order valence-corrected chi connectivity index (χ1v) is 6.58. The minimum absolute atomic E-state index is 0.0599. The molecule has 2 heterocycles. The van der Waals surface area contributed by atoms with Crippen LogP contribution in [0.1, 0.15) is 40.0 Å². The molecule has 2 saturated heterocycles. The molecule has 0 radical (unpaired) electrons. The zero-order valence-corrected chi connectivity index (χ0v) is 11.6. The average molecular weight is 253 g/mol. The normalized spacial score (nSPS) is 23.5. The molecule has 0 aromatic heterocycles. The lowest BCUT2D eigenvalue weighted by atomic mass is 9.88. The molecule has 0 saturated carbocycles. The lowest BCUT2D eigenvalue weighted by Crippen LogP contribution is -2.47. The quantitative estimate of drug-likeness (QED) is 0.623. The predicted octanol–water partition coefficient (Wildman–Crippen LogP) is 2.73. The fourth-order valence-corrected chi connectivity index (χ4v) is 2.56. The minimum Gasteiger partial charge on any atom is -0.444 e. The number of carbonyl (C=O) groups excluding carboxylic acids is 1. The Morgan fingerprint density at radius 3 is 2.44 bits per heavy atom. The molecule has 1 spiro atoms. The van der Waals surface area contributed by atoms with Gasteiger partial charge >= 0.3 is 6.09 Å². The summed E-state index contributed by atoms with van der Waals surface area (Å²) in [4.78, 5) is 13.7. The number of likely N-dealkylation sites (tertiary alicyclic amines) is 1. The number of ether oxygens (including phenoxy) is 2. The Morgan fingerprint density at radius 2 is 2.00 bits per heavy atom. The first kappa shape index (κ1) is 13.4. The topological polar surface area (TPSA) is 38.8 Å². The summed E-state index contributed by atoms with van der Waals surface area (Å²) in [5.41, 5.74) is 0.681. The Kier molecular flexibility index (Phi) is 3.41. The summed E-state index contributed by atoms with van der Waals surface area (Å²) in [5, 5.41) is 0. The number of piperidine rings is 1. The fourth-order valence-electron chi connectivity index (χ4n) is 2.56. The molecule has 1 amide bonds. The molecule has 2 fully saturated rings. The molecular formula is C14H23NO3. The number of nitrogens with zero attached hydrogens (tertiary/aromatic N) is 1. The number of amides is 1. The van der Waals surface area contributed by atoms with Gasteiger partial charge in [-0.15, -0.1) is 0 Å². The van der Waals surface area contributed by atoms with Gasteiger partial charge in [-0.3, -0.25) is 0 Å². The molecule has 102 valence electrons. The second kappa shape index (κ2) is 4.57. The maximum Gasteiger partial charge on any atom is 0.410 e. The number of hydrogen-bond donors (Lipinski definition) is 0. The molecule has 18 heavy (non-hydrogen) atoms. The molecule has 0 aromatic rings. The predicted molar refractivity (Wildman–Crippen MR) is 69.5 cm³/mol. The van der Waals surface area contributed by atoms with E-state index in [0.717, 1.165) is 19.3 Å². The van der Waals surface area contributed by atoms with E-state index in [1.807, 2.05) is 20.8 Å². The summed E-state index contributed by atoms with van der Waals surface area (Å²) in [7, 11) is 0. The van der Waals surface area contributed by atoms with Crippen LogP contribution in [-0.4, -0.2) is 41.9 Å². The standard InChI is InChI=1S/C14H23NO3/c1-11-9-14(17-10-11)5-7-15(8-6-14)12(16)18-13(2,3)4/h1,5-10H2,2-4H3. The van der Waals surface area contributed by atoms with Gasteiger partial charge in [-0.25, -0.2) is 4.79 Å². The Bertz CT molecular complexity index is 349. The molecule has 0 aliphatic carbocycles. The van der Waals surface area contributed by atoms with E-state index in [9.17, 15) is 4.79 Å². The molecule has 2 aliphatic heterocycles. The van der Waals surface area contributed by atoms with Gasteiger partial charge < -0.3 is 14.4 Å². The van der Waals surface area contributed by atoms with E-state index in [-0.39, 0.29) is 11.7 Å². The van der Waals surface area contributed by atoms with Gasteiger partial charge in [-0.1, -0.05) is 6.58 Å². The zero-order chi connectivity index (χ0) is 13.4. The monoisotopic (exact) mass is 253 g/mol. The van der Waals surface area contributed by atoms with Crippen molar-refractivity contribution < 1.29 is 14.3 Å². The SMILES string of the molecule is C=C1COC2(CCN(C(=O)OC(C)(C)C)CC2)C1. The van der Waals surface area contributed by atoms with Crippen molar-refractivity contribution >= 4 is 6.09 Å². The molecule has 0 unspecified atom stereocenters. The van der Waals surface area contributed by atoms with Crippen molar-refractivity contribution in [3.63, 3.8) is 0 Å². The van der Waals surface area contributed by atoms with Crippen LogP contribution in [0.4, 0.5) is 4.79 Å². The van der Waals surface area contributed by atoms with Gasteiger partial charge in [0.15, 0.2) is 0 Å². The maximum absolute atomic E-state index is 11.9. The van der Waals surface area contributed by atoms with E-state index in [1.165, 1.54) is 5.57 Å². The van der Waals surface area contributed by atoms with E-state index in [2.05, 4.69) is 6.58 Å². The third-order valence-electron chi connectivity index (χ3n) is 3.48. The molecular weight excluding hydrogens is 230 g/mol. The van der Waals surface area contributed by atoms with Crippen molar-refractivity contribution in [3.8, 4) is 0 Å². The van der Waals surface area contributed by atoms with Gasteiger partial charge in [0.2, 0.25) is 0 Å². The summed E-state index contributed by atoms with van der Waals surface area (Å²) in [6, 6.07) is 0. The summed E-state index contributed by atoms with van der Waals surface area (Å²) in [6.45, 7) is 11.7. The van der Waals surface area contributed by atoms with Crippen LogP contribution in [0, 0.1) is 0 Å². The van der Waals surface area contributed by atoms with Gasteiger partial charge in [0.05, 0.1) is 12.2 Å². The van der Waals surface area contributed by atoms with Gasteiger partial charge in [-0.2, -0.15) is 0 Å². The van der Waals surface area contributed by atoms with Gasteiger partial charge in [0.1, 0.15) is 5.60 Å².